The molecule has 0 fully saturated rings. The van der Waals surface area contributed by atoms with Gasteiger partial charge in [-0.2, -0.15) is 0 Å². The first-order valence-electron chi connectivity index (χ1n) is 4.78. The fourth-order valence-corrected chi connectivity index (χ4v) is 1.51. The fourth-order valence-electron chi connectivity index (χ4n) is 1.12. The quantitative estimate of drug-likeness (QED) is 0.764. The molecule has 0 atom stereocenters. The van der Waals surface area contributed by atoms with Crippen LogP contribution in [0.4, 0.5) is 0 Å². The molecule has 1 nitrogen and oxygen atoms in total. The van der Waals surface area contributed by atoms with E-state index in [9.17, 15) is 4.79 Å². The van der Waals surface area contributed by atoms with Gasteiger partial charge in [-0.05, 0) is 11.6 Å². The number of carbonyl (C=O) groups excluding carboxylic acids is 1. The third-order valence-electron chi connectivity index (χ3n) is 2.22. The first-order chi connectivity index (χ1) is 6.82. The standard InChI is InChI=1S/C12H14Cl2O/c1-12(2,3)10(15)7-8-5-4-6-9(13)11(8)14/h4-6H,7H2,1-3H3. The lowest BCUT2D eigenvalue weighted by atomic mass is 9.87. The molecule has 0 radical (unpaired) electrons. The second-order valence-electron chi connectivity index (χ2n) is 4.56. The fraction of sp³-hybridized carbons (Fsp3) is 0.417. The summed E-state index contributed by atoms with van der Waals surface area (Å²) in [5, 5.41) is 0.979. The summed E-state index contributed by atoms with van der Waals surface area (Å²) >= 11 is 11.9. The van der Waals surface area contributed by atoms with Gasteiger partial charge in [0.15, 0.2) is 0 Å². The first-order valence-corrected chi connectivity index (χ1v) is 5.54. The van der Waals surface area contributed by atoms with Crippen molar-refractivity contribution in [3.05, 3.63) is 33.8 Å². The van der Waals surface area contributed by atoms with Crippen molar-refractivity contribution in [1.29, 1.82) is 0 Å². The SMILES string of the molecule is CC(C)(C)C(=O)Cc1cccc(Cl)c1Cl. The molecule has 0 saturated carbocycles. The van der Waals surface area contributed by atoms with E-state index in [2.05, 4.69) is 0 Å². The Kier molecular flexibility index (Phi) is 3.80. The van der Waals surface area contributed by atoms with Crippen molar-refractivity contribution in [2.45, 2.75) is 27.2 Å². The predicted molar refractivity (Wildman–Crippen MR) is 64.6 cm³/mol. The molecular formula is C12H14Cl2O. The number of hydrogen-bond donors (Lipinski definition) is 0. The maximum atomic E-state index is 11.8. The Bertz CT molecular complexity index is 378. The molecule has 0 aliphatic rings. The Morgan fingerprint density at radius 1 is 1.27 bits per heavy atom. The van der Waals surface area contributed by atoms with Gasteiger partial charge in [-0.25, -0.2) is 0 Å². The Balaban J connectivity index is 2.91. The van der Waals surface area contributed by atoms with E-state index < -0.39 is 0 Å². The van der Waals surface area contributed by atoms with E-state index in [1.807, 2.05) is 26.8 Å². The van der Waals surface area contributed by atoms with Crippen molar-refractivity contribution in [2.24, 2.45) is 5.41 Å². The van der Waals surface area contributed by atoms with Crippen molar-refractivity contribution >= 4 is 29.0 Å². The molecule has 0 aromatic heterocycles. The van der Waals surface area contributed by atoms with E-state index in [4.69, 9.17) is 23.2 Å². The lowest BCUT2D eigenvalue weighted by molar-refractivity contribution is -0.125. The Morgan fingerprint density at radius 2 is 1.87 bits per heavy atom. The number of carbonyl (C=O) groups is 1. The smallest absolute Gasteiger partial charge is 0.142 e. The van der Waals surface area contributed by atoms with Gasteiger partial charge >= 0.3 is 0 Å². The van der Waals surface area contributed by atoms with Crippen molar-refractivity contribution < 1.29 is 4.79 Å². The number of benzene rings is 1. The molecule has 3 heteroatoms. The third kappa shape index (κ3) is 3.22. The Hall–Kier alpha value is -0.530. The highest BCUT2D eigenvalue weighted by Gasteiger charge is 2.22. The number of Topliss-reactive ketones (excluding diaryl/α,β-unsaturated/α-hetero) is 1. The normalized spacial score (nSPS) is 11.5. The first kappa shape index (κ1) is 12.5. The van der Waals surface area contributed by atoms with Crippen LogP contribution in [0.3, 0.4) is 0 Å². The monoisotopic (exact) mass is 244 g/mol. The van der Waals surface area contributed by atoms with Crippen LogP contribution >= 0.6 is 23.2 Å². The Morgan fingerprint density at radius 3 is 2.40 bits per heavy atom. The summed E-state index contributed by atoms with van der Waals surface area (Å²) in [6.45, 7) is 5.69. The van der Waals surface area contributed by atoms with Gasteiger partial charge in [-0.3, -0.25) is 4.79 Å². The molecule has 0 bridgehead atoms. The van der Waals surface area contributed by atoms with Crippen LogP contribution in [0, 0.1) is 5.41 Å². The lowest BCUT2D eigenvalue weighted by Gasteiger charge is -2.17. The number of ketones is 1. The van der Waals surface area contributed by atoms with Crippen molar-refractivity contribution in [3.63, 3.8) is 0 Å². The highest BCUT2D eigenvalue weighted by Crippen LogP contribution is 2.27. The van der Waals surface area contributed by atoms with Crippen LogP contribution in [-0.4, -0.2) is 5.78 Å². The highest BCUT2D eigenvalue weighted by molar-refractivity contribution is 6.42. The van der Waals surface area contributed by atoms with Crippen LogP contribution in [0.25, 0.3) is 0 Å². The number of hydrogen-bond acceptors (Lipinski definition) is 1. The minimum absolute atomic E-state index is 0.159. The molecule has 0 saturated heterocycles. The molecule has 0 amide bonds. The summed E-state index contributed by atoms with van der Waals surface area (Å²) in [5.74, 6) is 0.159. The number of rotatable bonds is 2. The van der Waals surface area contributed by atoms with Gasteiger partial charge in [0.25, 0.3) is 0 Å². The van der Waals surface area contributed by atoms with Gasteiger partial charge in [-0.1, -0.05) is 56.1 Å². The maximum absolute atomic E-state index is 11.8. The summed E-state index contributed by atoms with van der Waals surface area (Å²) in [7, 11) is 0. The minimum Gasteiger partial charge on any atom is -0.299 e. The van der Waals surface area contributed by atoms with E-state index >= 15 is 0 Å². The molecule has 0 unspecified atom stereocenters. The molecule has 0 aliphatic heterocycles. The zero-order valence-corrected chi connectivity index (χ0v) is 10.6. The molecule has 0 spiro atoms. The minimum atomic E-state index is -0.342. The van der Waals surface area contributed by atoms with Crippen LogP contribution in [0.5, 0.6) is 0 Å². The topological polar surface area (TPSA) is 17.1 Å². The summed E-state index contributed by atoms with van der Waals surface area (Å²) in [4.78, 5) is 11.8. The van der Waals surface area contributed by atoms with Crippen LogP contribution in [0.15, 0.2) is 18.2 Å². The van der Waals surface area contributed by atoms with Crippen molar-refractivity contribution in [3.8, 4) is 0 Å². The Labute approximate surface area is 100 Å². The highest BCUT2D eigenvalue weighted by atomic mass is 35.5. The van der Waals surface area contributed by atoms with Crippen LogP contribution in [-0.2, 0) is 11.2 Å². The van der Waals surface area contributed by atoms with Gasteiger partial charge in [0.05, 0.1) is 10.0 Å². The molecule has 1 aromatic rings. The van der Waals surface area contributed by atoms with E-state index in [-0.39, 0.29) is 11.2 Å². The van der Waals surface area contributed by atoms with Gasteiger partial charge in [0, 0.05) is 11.8 Å². The largest absolute Gasteiger partial charge is 0.299 e. The molecule has 0 N–H and O–H groups in total. The maximum Gasteiger partial charge on any atom is 0.142 e. The van der Waals surface area contributed by atoms with Crippen LogP contribution < -0.4 is 0 Å². The summed E-state index contributed by atoms with van der Waals surface area (Å²) in [5.41, 5.74) is 0.454. The summed E-state index contributed by atoms with van der Waals surface area (Å²) in [6, 6.07) is 5.35. The third-order valence-corrected chi connectivity index (χ3v) is 3.08. The average Bonchev–Trinajstić information content (AvgIpc) is 2.11. The molecule has 0 aliphatic carbocycles. The second-order valence-corrected chi connectivity index (χ2v) is 5.35. The molecule has 0 heterocycles. The van der Waals surface area contributed by atoms with E-state index in [0.29, 0.717) is 16.5 Å². The number of halogens is 2. The lowest BCUT2D eigenvalue weighted by Crippen LogP contribution is -2.22. The van der Waals surface area contributed by atoms with E-state index in [0.717, 1.165) is 5.56 Å². The van der Waals surface area contributed by atoms with Crippen molar-refractivity contribution in [2.75, 3.05) is 0 Å². The van der Waals surface area contributed by atoms with Crippen molar-refractivity contribution in [1.82, 2.24) is 0 Å². The second kappa shape index (κ2) is 4.54. The summed E-state index contributed by atoms with van der Waals surface area (Å²) < 4.78 is 0. The van der Waals surface area contributed by atoms with Gasteiger partial charge in [0.1, 0.15) is 5.78 Å². The van der Waals surface area contributed by atoms with E-state index in [1.165, 1.54) is 0 Å². The van der Waals surface area contributed by atoms with Gasteiger partial charge < -0.3 is 0 Å². The summed E-state index contributed by atoms with van der Waals surface area (Å²) in [6.07, 6.45) is 0.336. The van der Waals surface area contributed by atoms with Gasteiger partial charge in [0.2, 0.25) is 0 Å². The van der Waals surface area contributed by atoms with Gasteiger partial charge in [-0.15, -0.1) is 0 Å². The zero-order valence-electron chi connectivity index (χ0n) is 9.10. The van der Waals surface area contributed by atoms with E-state index in [1.54, 1.807) is 12.1 Å². The van der Waals surface area contributed by atoms with Crippen LogP contribution in [0.2, 0.25) is 10.0 Å². The predicted octanol–water partition coefficient (Wildman–Crippen LogP) is 4.15. The molecule has 1 rings (SSSR count). The molecular weight excluding hydrogens is 231 g/mol. The zero-order chi connectivity index (χ0) is 11.6. The van der Waals surface area contributed by atoms with Crippen LogP contribution in [0.1, 0.15) is 26.3 Å². The average molecular weight is 245 g/mol. The molecule has 1 aromatic carbocycles. The molecule has 15 heavy (non-hydrogen) atoms. The molecule has 82 valence electrons.